The summed E-state index contributed by atoms with van der Waals surface area (Å²) in [5.74, 6) is -0.258. The number of nitrogens with zero attached hydrogens (tertiary/aromatic N) is 2. The van der Waals surface area contributed by atoms with Gasteiger partial charge in [-0.05, 0) is 50.3 Å². The zero-order chi connectivity index (χ0) is 19.5. The number of carbonyl (C=O) groups is 1. The van der Waals surface area contributed by atoms with Crippen molar-refractivity contribution in [2.24, 2.45) is 0 Å². The highest BCUT2D eigenvalue weighted by Gasteiger charge is 2.22. The summed E-state index contributed by atoms with van der Waals surface area (Å²) in [6, 6.07) is 17.4. The molecule has 0 bridgehead atoms. The summed E-state index contributed by atoms with van der Waals surface area (Å²) in [5.41, 5.74) is 5.39. The molecule has 0 unspecified atom stereocenters. The normalized spacial score (nSPS) is 13.0. The molecule has 0 saturated carbocycles. The molecule has 5 nitrogen and oxygen atoms in total. The highest BCUT2D eigenvalue weighted by molar-refractivity contribution is 5.90. The molecule has 1 N–H and O–H groups in total. The van der Waals surface area contributed by atoms with E-state index in [0.717, 1.165) is 48.1 Å². The summed E-state index contributed by atoms with van der Waals surface area (Å²) >= 11 is 0. The van der Waals surface area contributed by atoms with Gasteiger partial charge in [-0.25, -0.2) is 4.68 Å². The van der Waals surface area contributed by atoms with Crippen molar-refractivity contribution in [1.82, 2.24) is 9.78 Å². The lowest BCUT2D eigenvalue weighted by atomic mass is 9.89. The molecule has 142 valence electrons. The smallest absolute Gasteiger partial charge is 0.270 e. The van der Waals surface area contributed by atoms with Gasteiger partial charge in [0.15, 0.2) is 0 Å². The average molecular weight is 373 g/mol. The highest BCUT2D eigenvalue weighted by atomic mass is 16.2. The zero-order valence-electron chi connectivity index (χ0n) is 15.9. The van der Waals surface area contributed by atoms with Gasteiger partial charge in [0.05, 0.1) is 5.69 Å². The van der Waals surface area contributed by atoms with Crippen molar-refractivity contribution < 1.29 is 4.79 Å². The molecule has 0 atom stereocenters. The van der Waals surface area contributed by atoms with E-state index in [0.29, 0.717) is 5.69 Å². The molecule has 0 aliphatic heterocycles. The first-order valence-corrected chi connectivity index (χ1v) is 9.66. The number of fused-ring (bicyclic) bond motifs is 1. The number of amides is 1. The van der Waals surface area contributed by atoms with Crippen molar-refractivity contribution >= 4 is 11.6 Å². The van der Waals surface area contributed by atoms with Crippen LogP contribution < -0.4 is 10.9 Å². The number of nitrogens with one attached hydrogen (secondary N) is 1. The molecule has 5 heteroatoms. The third-order valence-electron chi connectivity index (χ3n) is 5.14. The quantitative estimate of drug-likeness (QED) is 0.758. The molecular formula is C23H23N3O2. The lowest BCUT2D eigenvalue weighted by Crippen LogP contribution is -2.34. The second kappa shape index (κ2) is 7.80. The number of aryl methyl sites for hydroxylation is 1. The van der Waals surface area contributed by atoms with Crippen molar-refractivity contribution in [3.63, 3.8) is 0 Å². The summed E-state index contributed by atoms with van der Waals surface area (Å²) in [6.07, 6.45) is 3.66. The summed E-state index contributed by atoms with van der Waals surface area (Å²) in [5, 5.41) is 7.44. The largest absolute Gasteiger partial charge is 0.324 e. The number of para-hydroxylation sites is 1. The van der Waals surface area contributed by atoms with Gasteiger partial charge in [-0.2, -0.15) is 5.10 Å². The fourth-order valence-corrected chi connectivity index (χ4v) is 3.69. The molecule has 0 fully saturated rings. The van der Waals surface area contributed by atoms with Crippen molar-refractivity contribution in [2.75, 3.05) is 5.32 Å². The Bertz CT molecular complexity index is 1050. The third kappa shape index (κ3) is 3.74. The van der Waals surface area contributed by atoms with Gasteiger partial charge >= 0.3 is 0 Å². The minimum absolute atomic E-state index is 0.0974. The Hall–Kier alpha value is -3.21. The number of benzene rings is 2. The summed E-state index contributed by atoms with van der Waals surface area (Å²) in [6.45, 7) is 1.95. The molecule has 3 aromatic rings. The first-order valence-electron chi connectivity index (χ1n) is 9.66. The molecule has 1 heterocycles. The monoisotopic (exact) mass is 373 g/mol. The van der Waals surface area contributed by atoms with Crippen LogP contribution in [0.4, 0.5) is 5.69 Å². The SMILES string of the molecule is Cc1ccc(-c2nn(CC(=O)Nc3ccccc3)c(=O)c3c2CCCC3)cc1. The molecule has 0 saturated heterocycles. The Morgan fingerprint density at radius 3 is 2.39 bits per heavy atom. The Morgan fingerprint density at radius 1 is 1.00 bits per heavy atom. The number of carbonyl (C=O) groups excluding carboxylic acids is 1. The van der Waals surface area contributed by atoms with Gasteiger partial charge in [0.1, 0.15) is 6.54 Å². The molecule has 0 radical (unpaired) electrons. The van der Waals surface area contributed by atoms with E-state index in [9.17, 15) is 9.59 Å². The van der Waals surface area contributed by atoms with E-state index < -0.39 is 0 Å². The predicted molar refractivity (Wildman–Crippen MR) is 110 cm³/mol. The van der Waals surface area contributed by atoms with Crippen LogP contribution in [0.5, 0.6) is 0 Å². The summed E-state index contributed by atoms with van der Waals surface area (Å²) in [7, 11) is 0. The van der Waals surface area contributed by atoms with Gasteiger partial charge < -0.3 is 5.32 Å². The number of anilines is 1. The Balaban J connectivity index is 1.71. The van der Waals surface area contributed by atoms with Crippen LogP contribution >= 0.6 is 0 Å². The minimum Gasteiger partial charge on any atom is -0.324 e. The van der Waals surface area contributed by atoms with Gasteiger partial charge in [-0.15, -0.1) is 0 Å². The lowest BCUT2D eigenvalue weighted by Gasteiger charge is -2.20. The van der Waals surface area contributed by atoms with Crippen LogP contribution in [-0.2, 0) is 24.2 Å². The molecule has 4 rings (SSSR count). The van der Waals surface area contributed by atoms with E-state index >= 15 is 0 Å². The van der Waals surface area contributed by atoms with E-state index in [4.69, 9.17) is 0 Å². The van der Waals surface area contributed by atoms with E-state index in [1.54, 1.807) is 0 Å². The molecule has 1 aliphatic rings. The van der Waals surface area contributed by atoms with Gasteiger partial charge in [-0.3, -0.25) is 9.59 Å². The standard InChI is InChI=1S/C23H23N3O2/c1-16-11-13-17(14-12-16)22-19-9-5-6-10-20(19)23(28)26(25-22)15-21(27)24-18-7-3-2-4-8-18/h2-4,7-8,11-14H,5-6,9-10,15H2,1H3,(H,24,27). The first-order chi connectivity index (χ1) is 13.6. The molecule has 1 aromatic heterocycles. The van der Waals surface area contributed by atoms with Gasteiger partial charge in [0.25, 0.3) is 5.56 Å². The molecule has 28 heavy (non-hydrogen) atoms. The van der Waals surface area contributed by atoms with E-state index in [1.807, 2.05) is 61.5 Å². The van der Waals surface area contributed by atoms with Gasteiger partial charge in [-0.1, -0.05) is 48.0 Å². The van der Waals surface area contributed by atoms with E-state index in [2.05, 4.69) is 10.4 Å². The van der Waals surface area contributed by atoms with Crippen LogP contribution in [0.3, 0.4) is 0 Å². The number of aromatic nitrogens is 2. The Labute approximate surface area is 164 Å². The van der Waals surface area contributed by atoms with Crippen molar-refractivity contribution in [3.05, 3.63) is 81.6 Å². The molecule has 2 aromatic carbocycles. The third-order valence-corrected chi connectivity index (χ3v) is 5.14. The van der Waals surface area contributed by atoms with Crippen molar-refractivity contribution in [2.45, 2.75) is 39.2 Å². The molecular weight excluding hydrogens is 350 g/mol. The van der Waals surface area contributed by atoms with Crippen LogP contribution in [-0.4, -0.2) is 15.7 Å². The fourth-order valence-electron chi connectivity index (χ4n) is 3.69. The molecule has 1 amide bonds. The first kappa shape index (κ1) is 18.2. The number of hydrogen-bond acceptors (Lipinski definition) is 3. The van der Waals surface area contributed by atoms with Crippen molar-refractivity contribution in [1.29, 1.82) is 0 Å². The maximum Gasteiger partial charge on any atom is 0.270 e. The maximum absolute atomic E-state index is 13.0. The average Bonchev–Trinajstić information content (AvgIpc) is 2.72. The van der Waals surface area contributed by atoms with E-state index in [1.165, 1.54) is 10.2 Å². The predicted octanol–water partition coefficient (Wildman–Crippen LogP) is 3.74. The molecule has 1 aliphatic carbocycles. The maximum atomic E-state index is 13.0. The molecule has 0 spiro atoms. The zero-order valence-corrected chi connectivity index (χ0v) is 15.9. The summed E-state index contributed by atoms with van der Waals surface area (Å²) < 4.78 is 1.32. The Morgan fingerprint density at radius 2 is 1.68 bits per heavy atom. The Kier molecular flexibility index (Phi) is 5.06. The van der Waals surface area contributed by atoms with Crippen LogP contribution in [0.25, 0.3) is 11.3 Å². The second-order valence-corrected chi connectivity index (χ2v) is 7.26. The summed E-state index contributed by atoms with van der Waals surface area (Å²) in [4.78, 5) is 25.4. The van der Waals surface area contributed by atoms with Crippen LogP contribution in [0.1, 0.15) is 29.5 Å². The van der Waals surface area contributed by atoms with Crippen LogP contribution in [0, 0.1) is 6.92 Å². The van der Waals surface area contributed by atoms with Crippen molar-refractivity contribution in [3.8, 4) is 11.3 Å². The van der Waals surface area contributed by atoms with E-state index in [-0.39, 0.29) is 18.0 Å². The minimum atomic E-state index is -0.258. The topological polar surface area (TPSA) is 64.0 Å². The fraction of sp³-hybridized carbons (Fsp3) is 0.261. The highest BCUT2D eigenvalue weighted by Crippen LogP contribution is 2.28. The van der Waals surface area contributed by atoms with Crippen LogP contribution in [0.2, 0.25) is 0 Å². The number of hydrogen-bond donors (Lipinski definition) is 1. The van der Waals surface area contributed by atoms with Gasteiger partial charge in [0.2, 0.25) is 5.91 Å². The van der Waals surface area contributed by atoms with Gasteiger partial charge in [0, 0.05) is 16.8 Å². The van der Waals surface area contributed by atoms with Crippen LogP contribution in [0.15, 0.2) is 59.4 Å². The lowest BCUT2D eigenvalue weighted by molar-refractivity contribution is -0.117. The number of rotatable bonds is 4. The second-order valence-electron chi connectivity index (χ2n) is 7.26.